The highest BCUT2D eigenvalue weighted by Gasteiger charge is 2.15. The predicted molar refractivity (Wildman–Crippen MR) is 111 cm³/mol. The lowest BCUT2D eigenvalue weighted by atomic mass is 10.1. The number of methoxy groups -OCH3 is 2. The van der Waals surface area contributed by atoms with Crippen LogP contribution < -0.4 is 9.47 Å². The minimum Gasteiger partial charge on any atom is -0.497 e. The number of ether oxygens (including phenoxy) is 2. The zero-order chi connectivity index (χ0) is 20.8. The molecule has 152 valence electrons. The van der Waals surface area contributed by atoms with E-state index in [1.165, 1.54) is 17.3 Å². The molecule has 0 aliphatic carbocycles. The first-order valence-corrected chi connectivity index (χ1v) is 9.96. The fraction of sp³-hybridized carbons (Fsp3) is 0.286. The second kappa shape index (κ2) is 9.47. The summed E-state index contributed by atoms with van der Waals surface area (Å²) in [7, 11) is 4.93. The van der Waals surface area contributed by atoms with Gasteiger partial charge < -0.3 is 18.8 Å². The number of aromatic nitrogens is 2. The number of nitrogens with zero attached hydrogens (tertiary/aromatic N) is 3. The fourth-order valence-corrected chi connectivity index (χ4v) is 3.31. The van der Waals surface area contributed by atoms with E-state index in [9.17, 15) is 4.79 Å². The van der Waals surface area contributed by atoms with Gasteiger partial charge in [0.05, 0.1) is 20.0 Å². The molecule has 0 unspecified atom stereocenters. The van der Waals surface area contributed by atoms with Gasteiger partial charge in [-0.3, -0.25) is 4.79 Å². The molecule has 7 nitrogen and oxygen atoms in total. The molecule has 29 heavy (non-hydrogen) atoms. The van der Waals surface area contributed by atoms with Crippen LogP contribution in [0.4, 0.5) is 0 Å². The Morgan fingerprint density at radius 3 is 2.34 bits per heavy atom. The van der Waals surface area contributed by atoms with E-state index >= 15 is 0 Å². The third-order valence-electron chi connectivity index (χ3n) is 4.29. The quantitative estimate of drug-likeness (QED) is 0.520. The van der Waals surface area contributed by atoms with Crippen molar-refractivity contribution >= 4 is 17.7 Å². The summed E-state index contributed by atoms with van der Waals surface area (Å²) in [4.78, 5) is 14.1. The summed E-state index contributed by atoms with van der Waals surface area (Å²) >= 11 is 1.21. The van der Waals surface area contributed by atoms with E-state index in [4.69, 9.17) is 13.9 Å². The normalized spacial score (nSPS) is 10.6. The molecule has 0 radical (unpaired) electrons. The molecule has 0 saturated heterocycles. The van der Waals surface area contributed by atoms with Crippen molar-refractivity contribution < 1.29 is 18.7 Å². The molecule has 1 aromatic heterocycles. The summed E-state index contributed by atoms with van der Waals surface area (Å²) in [5.41, 5.74) is 2.96. The molecule has 1 amide bonds. The fourth-order valence-electron chi connectivity index (χ4n) is 2.60. The molecule has 0 fully saturated rings. The van der Waals surface area contributed by atoms with Crippen LogP contribution in [-0.4, -0.2) is 48.0 Å². The van der Waals surface area contributed by atoms with Gasteiger partial charge in [-0.1, -0.05) is 41.6 Å². The number of hydrogen-bond acceptors (Lipinski definition) is 7. The number of benzene rings is 2. The molecule has 1 heterocycles. The molecule has 8 heteroatoms. The first-order valence-electron chi connectivity index (χ1n) is 8.97. The van der Waals surface area contributed by atoms with Gasteiger partial charge in [-0.05, 0) is 24.6 Å². The number of thioether (sulfide) groups is 1. The molecule has 0 saturated carbocycles. The molecule has 0 atom stereocenters. The van der Waals surface area contributed by atoms with Crippen LogP contribution in [0.2, 0.25) is 0 Å². The topological polar surface area (TPSA) is 77.7 Å². The highest BCUT2D eigenvalue weighted by molar-refractivity contribution is 7.99. The molecule has 0 spiro atoms. The van der Waals surface area contributed by atoms with E-state index in [0.717, 1.165) is 5.56 Å². The second-order valence-electron chi connectivity index (χ2n) is 6.50. The van der Waals surface area contributed by atoms with Crippen molar-refractivity contribution in [2.45, 2.75) is 18.7 Å². The Morgan fingerprint density at radius 2 is 1.72 bits per heavy atom. The Labute approximate surface area is 174 Å². The predicted octanol–water partition coefficient (Wildman–Crippen LogP) is 3.81. The third-order valence-corrected chi connectivity index (χ3v) is 5.09. The van der Waals surface area contributed by atoms with Crippen molar-refractivity contribution in [1.29, 1.82) is 0 Å². The van der Waals surface area contributed by atoms with E-state index in [2.05, 4.69) is 10.2 Å². The largest absolute Gasteiger partial charge is 0.497 e. The standard InChI is InChI=1S/C21H23N3O4S/c1-14-5-7-15(8-6-14)12-24(2)19(25)13-29-21-23-22-20(28-21)16-9-17(26-3)11-18(10-16)27-4/h5-11H,12-13H2,1-4H3. The Balaban J connectivity index is 1.60. The van der Waals surface area contributed by atoms with Gasteiger partial charge >= 0.3 is 0 Å². The van der Waals surface area contributed by atoms with Gasteiger partial charge in [0, 0.05) is 25.2 Å². The summed E-state index contributed by atoms with van der Waals surface area (Å²) in [6, 6.07) is 13.5. The number of hydrogen-bond donors (Lipinski definition) is 0. The molecule has 0 aliphatic heterocycles. The minimum absolute atomic E-state index is 0.0154. The van der Waals surface area contributed by atoms with Crippen LogP contribution in [-0.2, 0) is 11.3 Å². The number of amides is 1. The number of aryl methyl sites for hydroxylation is 1. The van der Waals surface area contributed by atoms with Crippen LogP contribution in [0.3, 0.4) is 0 Å². The first-order chi connectivity index (χ1) is 14.0. The van der Waals surface area contributed by atoms with Gasteiger partial charge in [0.15, 0.2) is 0 Å². The SMILES string of the molecule is COc1cc(OC)cc(-c2nnc(SCC(=O)N(C)Cc3ccc(C)cc3)o2)c1. The average Bonchev–Trinajstić information content (AvgIpc) is 3.22. The van der Waals surface area contributed by atoms with Gasteiger partial charge in [-0.25, -0.2) is 0 Å². The van der Waals surface area contributed by atoms with Crippen LogP contribution in [0.5, 0.6) is 11.5 Å². The van der Waals surface area contributed by atoms with Gasteiger partial charge in [0.1, 0.15) is 11.5 Å². The smallest absolute Gasteiger partial charge is 0.277 e. The monoisotopic (exact) mass is 413 g/mol. The summed E-state index contributed by atoms with van der Waals surface area (Å²) in [6.07, 6.45) is 0. The zero-order valence-electron chi connectivity index (χ0n) is 16.8. The van der Waals surface area contributed by atoms with E-state index < -0.39 is 0 Å². The Hall–Kier alpha value is -3.00. The molecule has 3 rings (SSSR count). The van der Waals surface area contributed by atoms with Crippen molar-refractivity contribution in [3.63, 3.8) is 0 Å². The van der Waals surface area contributed by atoms with Crippen LogP contribution >= 0.6 is 11.8 Å². The lowest BCUT2D eigenvalue weighted by Crippen LogP contribution is -2.27. The van der Waals surface area contributed by atoms with Crippen molar-refractivity contribution in [1.82, 2.24) is 15.1 Å². The molecular weight excluding hydrogens is 390 g/mol. The van der Waals surface area contributed by atoms with Crippen LogP contribution in [0.1, 0.15) is 11.1 Å². The van der Waals surface area contributed by atoms with Gasteiger partial charge in [0.2, 0.25) is 11.8 Å². The van der Waals surface area contributed by atoms with E-state index in [1.54, 1.807) is 44.4 Å². The maximum Gasteiger partial charge on any atom is 0.277 e. The maximum atomic E-state index is 12.4. The number of carbonyl (C=O) groups is 1. The Bertz CT molecular complexity index is 950. The average molecular weight is 413 g/mol. The van der Waals surface area contributed by atoms with Gasteiger partial charge in [0.25, 0.3) is 5.22 Å². The number of rotatable bonds is 8. The molecular formula is C21H23N3O4S. The lowest BCUT2D eigenvalue weighted by Gasteiger charge is -2.16. The van der Waals surface area contributed by atoms with E-state index in [-0.39, 0.29) is 11.7 Å². The van der Waals surface area contributed by atoms with Gasteiger partial charge in [-0.15, -0.1) is 10.2 Å². The van der Waals surface area contributed by atoms with Crippen LogP contribution in [0.25, 0.3) is 11.5 Å². The summed E-state index contributed by atoms with van der Waals surface area (Å²) in [5, 5.41) is 8.42. The van der Waals surface area contributed by atoms with E-state index in [0.29, 0.717) is 34.7 Å². The highest BCUT2D eigenvalue weighted by atomic mass is 32.2. The Kier molecular flexibility index (Phi) is 6.77. The second-order valence-corrected chi connectivity index (χ2v) is 7.43. The van der Waals surface area contributed by atoms with Crippen molar-refractivity contribution in [2.75, 3.05) is 27.0 Å². The first kappa shape index (κ1) is 20.7. The van der Waals surface area contributed by atoms with Crippen molar-refractivity contribution in [3.8, 4) is 23.0 Å². The van der Waals surface area contributed by atoms with Gasteiger partial charge in [-0.2, -0.15) is 0 Å². The molecule has 0 aliphatic rings. The maximum absolute atomic E-state index is 12.4. The number of carbonyl (C=O) groups excluding carboxylic acids is 1. The van der Waals surface area contributed by atoms with Crippen molar-refractivity contribution in [3.05, 3.63) is 53.6 Å². The van der Waals surface area contributed by atoms with E-state index in [1.807, 2.05) is 31.2 Å². The minimum atomic E-state index is -0.0154. The van der Waals surface area contributed by atoms with Crippen molar-refractivity contribution in [2.24, 2.45) is 0 Å². The lowest BCUT2D eigenvalue weighted by molar-refractivity contribution is -0.127. The molecule has 3 aromatic rings. The summed E-state index contributed by atoms with van der Waals surface area (Å²) in [6.45, 7) is 2.59. The molecule has 2 aromatic carbocycles. The molecule has 0 bridgehead atoms. The summed E-state index contributed by atoms with van der Waals surface area (Å²) < 4.78 is 16.2. The summed E-state index contributed by atoms with van der Waals surface area (Å²) in [5.74, 6) is 1.79. The van der Waals surface area contributed by atoms with Crippen LogP contribution in [0, 0.1) is 6.92 Å². The third kappa shape index (κ3) is 5.51. The highest BCUT2D eigenvalue weighted by Crippen LogP contribution is 2.30. The zero-order valence-corrected chi connectivity index (χ0v) is 17.7. The molecule has 0 N–H and O–H groups in total. The Morgan fingerprint density at radius 1 is 1.07 bits per heavy atom. The van der Waals surface area contributed by atoms with Crippen LogP contribution in [0.15, 0.2) is 52.1 Å².